The fourth-order valence-corrected chi connectivity index (χ4v) is 7.32. The molecule has 4 rings (SSSR count). The lowest BCUT2D eigenvalue weighted by Crippen LogP contribution is -2.15. The molecule has 2 aromatic rings. The molecule has 198 valence electrons. The van der Waals surface area contributed by atoms with Crippen molar-refractivity contribution in [2.24, 2.45) is 23.7 Å². The first-order valence-corrected chi connectivity index (χ1v) is 15.9. The van der Waals surface area contributed by atoms with Crippen molar-refractivity contribution in [1.82, 2.24) is 0 Å². The summed E-state index contributed by atoms with van der Waals surface area (Å²) in [6.07, 6.45) is 23.6. The number of aryl methyl sites for hydroxylation is 2. The zero-order valence-electron chi connectivity index (χ0n) is 23.2. The van der Waals surface area contributed by atoms with Gasteiger partial charge in [0.1, 0.15) is 0 Å². The molecule has 0 saturated heterocycles. The first kappa shape index (κ1) is 27.8. The predicted molar refractivity (Wildman–Crippen MR) is 159 cm³/mol. The molecule has 0 spiro atoms. The molecule has 0 radical (unpaired) electrons. The third-order valence-electron chi connectivity index (χ3n) is 9.60. The van der Waals surface area contributed by atoms with Crippen LogP contribution in [0.2, 0.25) is 5.02 Å². The second-order valence-electron chi connectivity index (χ2n) is 12.3. The van der Waals surface area contributed by atoms with Gasteiger partial charge in [0.15, 0.2) is 0 Å². The number of hydrogen-bond donors (Lipinski definition) is 0. The maximum absolute atomic E-state index is 6.77. The van der Waals surface area contributed by atoms with Crippen LogP contribution in [0.25, 0.3) is 11.1 Å². The highest BCUT2D eigenvalue weighted by Crippen LogP contribution is 2.36. The normalized spacial score (nSPS) is 24.6. The van der Waals surface area contributed by atoms with Gasteiger partial charge in [-0.05, 0) is 77.7 Å². The number of hydrogen-bond acceptors (Lipinski definition) is 0. The fourth-order valence-electron chi connectivity index (χ4n) is 7.04. The Morgan fingerprint density at radius 2 is 1.11 bits per heavy atom. The van der Waals surface area contributed by atoms with Gasteiger partial charge in [-0.2, -0.15) is 0 Å². The molecule has 0 bridgehead atoms. The summed E-state index contributed by atoms with van der Waals surface area (Å²) >= 11 is 6.77. The molecule has 2 fully saturated rings. The lowest BCUT2D eigenvalue weighted by molar-refractivity contribution is 0.250. The first-order chi connectivity index (χ1) is 17.6. The van der Waals surface area contributed by atoms with E-state index in [1.165, 1.54) is 125 Å². The summed E-state index contributed by atoms with van der Waals surface area (Å²) in [5.41, 5.74) is 5.36. The Bertz CT molecular complexity index is 881. The van der Waals surface area contributed by atoms with Crippen LogP contribution in [0.1, 0.15) is 121 Å². The van der Waals surface area contributed by atoms with Crippen molar-refractivity contribution >= 4 is 11.6 Å². The maximum atomic E-state index is 6.77. The van der Waals surface area contributed by atoms with Gasteiger partial charge in [-0.25, -0.2) is 0 Å². The number of unbranched alkanes of at least 4 members (excludes halogenated alkanes) is 1. The third kappa shape index (κ3) is 8.37. The van der Waals surface area contributed by atoms with Crippen molar-refractivity contribution in [2.75, 3.05) is 0 Å². The molecule has 0 amide bonds. The van der Waals surface area contributed by atoms with Crippen LogP contribution in [-0.2, 0) is 12.8 Å². The van der Waals surface area contributed by atoms with Gasteiger partial charge in [0.05, 0.1) is 0 Å². The molecule has 2 aliphatic rings. The van der Waals surface area contributed by atoms with E-state index in [4.69, 9.17) is 11.6 Å². The summed E-state index contributed by atoms with van der Waals surface area (Å²) in [5.74, 6) is 3.86. The molecule has 0 nitrogen and oxygen atoms in total. The highest BCUT2D eigenvalue weighted by molar-refractivity contribution is 6.31. The van der Waals surface area contributed by atoms with E-state index in [2.05, 4.69) is 56.3 Å². The number of halogens is 1. The monoisotopic (exact) mass is 506 g/mol. The van der Waals surface area contributed by atoms with Gasteiger partial charge in [-0.1, -0.05) is 145 Å². The summed E-state index contributed by atoms with van der Waals surface area (Å²) in [5, 5.41) is 0.951. The fraction of sp³-hybridized carbons (Fsp3) is 0.657. The van der Waals surface area contributed by atoms with Gasteiger partial charge in [-0.15, -0.1) is 0 Å². The molecule has 0 aliphatic heterocycles. The van der Waals surface area contributed by atoms with Crippen LogP contribution in [0, 0.1) is 23.7 Å². The minimum Gasteiger partial charge on any atom is -0.0840 e. The largest absolute Gasteiger partial charge is 0.0840 e. The average molecular weight is 507 g/mol. The standard InChI is InChI=1S/C35H51Cl/c1-3-5-7-28-10-14-30(15-11-28)20-23-33-24-25-34(26-35(33)36)32-21-18-31(19-22-32)17-16-29-12-8-27(6-4-2)9-13-29/h18-19,21-22,24-30H,3-17,20,23H2,1-2H3. The predicted octanol–water partition coefficient (Wildman–Crippen LogP) is 11.5. The van der Waals surface area contributed by atoms with Gasteiger partial charge < -0.3 is 0 Å². The van der Waals surface area contributed by atoms with E-state index in [1.807, 2.05) is 0 Å². The van der Waals surface area contributed by atoms with Crippen LogP contribution < -0.4 is 0 Å². The maximum Gasteiger partial charge on any atom is 0.0444 e. The lowest BCUT2D eigenvalue weighted by Gasteiger charge is -2.28. The molecule has 1 heteroatoms. The van der Waals surface area contributed by atoms with E-state index in [0.29, 0.717) is 0 Å². The Balaban J connectivity index is 1.21. The van der Waals surface area contributed by atoms with Crippen molar-refractivity contribution in [3.8, 4) is 11.1 Å². The van der Waals surface area contributed by atoms with Gasteiger partial charge in [0, 0.05) is 5.02 Å². The van der Waals surface area contributed by atoms with Gasteiger partial charge in [-0.3, -0.25) is 0 Å². The molecular weight excluding hydrogens is 456 g/mol. The Kier molecular flexibility index (Phi) is 11.3. The van der Waals surface area contributed by atoms with Crippen molar-refractivity contribution in [3.05, 3.63) is 58.6 Å². The lowest BCUT2D eigenvalue weighted by atomic mass is 9.78. The summed E-state index contributed by atoms with van der Waals surface area (Å²) < 4.78 is 0. The molecule has 0 aromatic heterocycles. The summed E-state index contributed by atoms with van der Waals surface area (Å²) in [4.78, 5) is 0. The molecule has 0 heterocycles. The van der Waals surface area contributed by atoms with Gasteiger partial charge in [0.2, 0.25) is 0 Å². The first-order valence-electron chi connectivity index (χ1n) is 15.5. The number of benzene rings is 2. The summed E-state index contributed by atoms with van der Waals surface area (Å²) in [7, 11) is 0. The molecule has 2 aromatic carbocycles. The van der Waals surface area contributed by atoms with Crippen molar-refractivity contribution in [1.29, 1.82) is 0 Å². The van der Waals surface area contributed by atoms with Gasteiger partial charge >= 0.3 is 0 Å². The van der Waals surface area contributed by atoms with Gasteiger partial charge in [0.25, 0.3) is 0 Å². The molecular formula is C35H51Cl. The molecule has 2 aliphatic carbocycles. The topological polar surface area (TPSA) is 0 Å². The molecule has 0 unspecified atom stereocenters. The molecule has 0 atom stereocenters. The quantitative estimate of drug-likeness (QED) is 0.268. The zero-order chi connectivity index (χ0) is 25.2. The van der Waals surface area contributed by atoms with Crippen LogP contribution in [-0.4, -0.2) is 0 Å². The van der Waals surface area contributed by atoms with E-state index in [9.17, 15) is 0 Å². The third-order valence-corrected chi connectivity index (χ3v) is 9.95. The summed E-state index contributed by atoms with van der Waals surface area (Å²) in [6, 6.07) is 16.1. The van der Waals surface area contributed by atoms with E-state index in [-0.39, 0.29) is 0 Å². The van der Waals surface area contributed by atoms with E-state index in [1.54, 1.807) is 0 Å². The molecule has 2 saturated carbocycles. The Hall–Kier alpha value is -1.27. The SMILES string of the molecule is CCCCC1CCC(CCc2ccc(-c3ccc(CCC4CCC(CCC)CC4)cc3)cc2Cl)CC1. The van der Waals surface area contributed by atoms with Crippen LogP contribution >= 0.6 is 11.6 Å². The smallest absolute Gasteiger partial charge is 0.0444 e. The minimum atomic E-state index is 0.901. The average Bonchev–Trinajstić information content (AvgIpc) is 2.92. The molecule has 0 N–H and O–H groups in total. The second-order valence-corrected chi connectivity index (χ2v) is 12.7. The second kappa shape index (κ2) is 14.6. The Morgan fingerprint density at radius 1 is 0.583 bits per heavy atom. The van der Waals surface area contributed by atoms with Crippen molar-refractivity contribution < 1.29 is 0 Å². The zero-order valence-corrected chi connectivity index (χ0v) is 24.0. The highest BCUT2D eigenvalue weighted by atomic mass is 35.5. The minimum absolute atomic E-state index is 0.901. The molecule has 36 heavy (non-hydrogen) atoms. The number of rotatable bonds is 12. The van der Waals surface area contributed by atoms with E-state index >= 15 is 0 Å². The highest BCUT2D eigenvalue weighted by Gasteiger charge is 2.21. The van der Waals surface area contributed by atoms with Crippen LogP contribution in [0.5, 0.6) is 0 Å². The van der Waals surface area contributed by atoms with Crippen LogP contribution in [0.3, 0.4) is 0 Å². The van der Waals surface area contributed by atoms with E-state index < -0.39 is 0 Å². The van der Waals surface area contributed by atoms with Crippen LogP contribution in [0.15, 0.2) is 42.5 Å². The Labute approximate surface area is 227 Å². The summed E-state index contributed by atoms with van der Waals surface area (Å²) in [6.45, 7) is 4.65. The Morgan fingerprint density at radius 3 is 1.67 bits per heavy atom. The van der Waals surface area contributed by atoms with Crippen molar-refractivity contribution in [2.45, 2.75) is 123 Å². The van der Waals surface area contributed by atoms with E-state index in [0.717, 1.165) is 35.1 Å². The van der Waals surface area contributed by atoms with Crippen molar-refractivity contribution in [3.63, 3.8) is 0 Å². The van der Waals surface area contributed by atoms with Crippen LogP contribution in [0.4, 0.5) is 0 Å².